The number of rotatable bonds is 13. The van der Waals surface area contributed by atoms with Crippen molar-refractivity contribution < 1.29 is 24.5 Å². The first kappa shape index (κ1) is 20.7. The molecule has 5 heteroatoms. The lowest BCUT2D eigenvalue weighted by Crippen LogP contribution is -2.13. The molecule has 0 saturated carbocycles. The number of hydrogen-bond donors (Lipinski definition) is 2. The number of carboxylic acids is 2. The summed E-state index contributed by atoms with van der Waals surface area (Å²) in [6, 6.07) is 8.87. The second kappa shape index (κ2) is 12.1. The Balaban J connectivity index is 2.73. The number of carboxylic acid groups (broad SMARTS) is 2. The highest BCUT2D eigenvalue weighted by Crippen LogP contribution is 2.22. The van der Waals surface area contributed by atoms with Crippen molar-refractivity contribution in [3.05, 3.63) is 41.7 Å². The van der Waals surface area contributed by atoms with Gasteiger partial charge in [-0.1, -0.05) is 63.6 Å². The second-order valence-electron chi connectivity index (χ2n) is 6.06. The quantitative estimate of drug-likeness (QED) is 0.297. The van der Waals surface area contributed by atoms with E-state index in [1.165, 1.54) is 25.7 Å². The molecule has 0 spiro atoms. The largest absolute Gasteiger partial charge is 0.481 e. The molecule has 0 unspecified atom stereocenters. The van der Waals surface area contributed by atoms with Crippen molar-refractivity contribution in [3.63, 3.8) is 0 Å². The van der Waals surface area contributed by atoms with Gasteiger partial charge in [0.25, 0.3) is 0 Å². The molecular formula is C20H28O5. The van der Waals surface area contributed by atoms with Crippen LogP contribution >= 0.6 is 0 Å². The molecule has 25 heavy (non-hydrogen) atoms. The van der Waals surface area contributed by atoms with E-state index in [0.29, 0.717) is 12.2 Å². The van der Waals surface area contributed by atoms with Crippen LogP contribution in [0, 0.1) is 0 Å². The first-order valence-electron chi connectivity index (χ1n) is 8.94. The Kier molecular flexibility index (Phi) is 10.1. The zero-order valence-electron chi connectivity index (χ0n) is 14.9. The van der Waals surface area contributed by atoms with Crippen molar-refractivity contribution in [1.82, 2.24) is 0 Å². The summed E-state index contributed by atoms with van der Waals surface area (Å²) in [5, 5.41) is 18.4. The zero-order chi connectivity index (χ0) is 18.5. The molecular weight excluding hydrogens is 320 g/mol. The Morgan fingerprint density at radius 2 is 1.52 bits per heavy atom. The first-order valence-corrected chi connectivity index (χ1v) is 8.94. The predicted molar refractivity (Wildman–Crippen MR) is 96.6 cm³/mol. The van der Waals surface area contributed by atoms with Crippen LogP contribution in [-0.4, -0.2) is 22.2 Å². The molecule has 0 aliphatic rings. The summed E-state index contributed by atoms with van der Waals surface area (Å²) >= 11 is 0. The molecule has 1 aromatic carbocycles. The maximum Gasteiger partial charge on any atom is 0.335 e. The van der Waals surface area contributed by atoms with E-state index >= 15 is 0 Å². The average molecular weight is 348 g/mol. The molecule has 0 radical (unpaired) electrons. The minimum absolute atomic E-state index is 0.178. The van der Waals surface area contributed by atoms with Crippen LogP contribution in [0.25, 0.3) is 0 Å². The van der Waals surface area contributed by atoms with Crippen molar-refractivity contribution >= 4 is 11.9 Å². The molecule has 0 aromatic heterocycles. The van der Waals surface area contributed by atoms with Crippen molar-refractivity contribution in [2.24, 2.45) is 0 Å². The Labute approximate surface area is 149 Å². The molecule has 0 amide bonds. The molecule has 0 saturated heterocycles. The lowest BCUT2D eigenvalue weighted by molar-refractivity contribution is -0.139. The molecule has 2 N–H and O–H groups in total. The molecule has 0 bridgehead atoms. The molecule has 0 heterocycles. The van der Waals surface area contributed by atoms with Crippen LogP contribution in [0.3, 0.4) is 0 Å². The summed E-state index contributed by atoms with van der Waals surface area (Å²) in [5.41, 5.74) is -0.178. The molecule has 138 valence electrons. The lowest BCUT2D eigenvalue weighted by Gasteiger charge is -2.13. The summed E-state index contributed by atoms with van der Waals surface area (Å²) in [6.45, 7) is 2.17. The Morgan fingerprint density at radius 3 is 2.08 bits per heavy atom. The van der Waals surface area contributed by atoms with Gasteiger partial charge in [-0.3, -0.25) is 4.79 Å². The van der Waals surface area contributed by atoms with E-state index in [0.717, 1.165) is 19.3 Å². The number of para-hydroxylation sites is 1. The Bertz CT molecular complexity index is 563. The van der Waals surface area contributed by atoms with Crippen molar-refractivity contribution in [3.8, 4) is 5.75 Å². The topological polar surface area (TPSA) is 83.8 Å². The minimum atomic E-state index is -1.24. The van der Waals surface area contributed by atoms with Gasteiger partial charge in [0.1, 0.15) is 11.5 Å². The summed E-state index contributed by atoms with van der Waals surface area (Å²) in [7, 11) is 0. The van der Waals surface area contributed by atoms with Crippen molar-refractivity contribution in [2.45, 2.75) is 64.7 Å². The number of benzene rings is 1. The van der Waals surface area contributed by atoms with Crippen LogP contribution in [0.4, 0.5) is 0 Å². The third-order valence-electron chi connectivity index (χ3n) is 3.91. The normalized spacial score (nSPS) is 11.7. The fraction of sp³-hybridized carbons (Fsp3) is 0.500. The van der Waals surface area contributed by atoms with Gasteiger partial charge in [-0.2, -0.15) is 0 Å². The third kappa shape index (κ3) is 8.94. The molecule has 0 aliphatic heterocycles. The maximum atomic E-state index is 11.5. The highest BCUT2D eigenvalue weighted by Gasteiger charge is 2.19. The smallest absolute Gasteiger partial charge is 0.335 e. The van der Waals surface area contributed by atoms with Crippen LogP contribution in [0.1, 0.15) is 64.7 Å². The van der Waals surface area contributed by atoms with E-state index in [1.807, 2.05) is 6.07 Å². The highest BCUT2D eigenvalue weighted by molar-refractivity contribution is 5.92. The molecule has 1 aromatic rings. The molecule has 5 nitrogen and oxygen atoms in total. The van der Waals surface area contributed by atoms with Gasteiger partial charge in [-0.25, -0.2) is 4.79 Å². The van der Waals surface area contributed by atoms with Gasteiger partial charge in [0, 0.05) is 6.42 Å². The molecule has 0 atom stereocenters. The second-order valence-corrected chi connectivity index (χ2v) is 6.06. The van der Waals surface area contributed by atoms with Gasteiger partial charge in [0.15, 0.2) is 0 Å². The fourth-order valence-electron chi connectivity index (χ4n) is 2.58. The highest BCUT2D eigenvalue weighted by atomic mass is 16.5. The van der Waals surface area contributed by atoms with E-state index in [4.69, 9.17) is 9.84 Å². The average Bonchev–Trinajstić information content (AvgIpc) is 2.58. The Hall–Kier alpha value is -2.30. The van der Waals surface area contributed by atoms with Crippen LogP contribution in [-0.2, 0) is 9.59 Å². The molecule has 0 fully saturated rings. The number of carbonyl (C=O) groups is 2. The van der Waals surface area contributed by atoms with Gasteiger partial charge in [0.2, 0.25) is 0 Å². The lowest BCUT2D eigenvalue weighted by atomic mass is 10.0. The number of hydrogen-bond acceptors (Lipinski definition) is 3. The summed E-state index contributed by atoms with van der Waals surface area (Å²) in [5.74, 6) is -1.65. The molecule has 1 rings (SSSR count). The van der Waals surface area contributed by atoms with Gasteiger partial charge in [-0.05, 0) is 18.6 Å². The van der Waals surface area contributed by atoms with Crippen LogP contribution in [0.15, 0.2) is 41.7 Å². The van der Waals surface area contributed by atoms with Crippen LogP contribution in [0.5, 0.6) is 5.75 Å². The van der Waals surface area contributed by atoms with Crippen LogP contribution < -0.4 is 4.74 Å². The van der Waals surface area contributed by atoms with E-state index in [2.05, 4.69) is 6.92 Å². The molecule has 0 aliphatic carbocycles. The maximum absolute atomic E-state index is 11.5. The fourth-order valence-corrected chi connectivity index (χ4v) is 2.58. The van der Waals surface area contributed by atoms with Gasteiger partial charge < -0.3 is 14.9 Å². The van der Waals surface area contributed by atoms with Crippen molar-refractivity contribution in [1.29, 1.82) is 0 Å². The number of ether oxygens (including phenoxy) is 1. The SMILES string of the molecule is CCCCCCCCCC(Oc1ccccc1)=C(CC(=O)O)C(=O)O. The van der Waals surface area contributed by atoms with E-state index in [1.54, 1.807) is 24.3 Å². The minimum Gasteiger partial charge on any atom is -0.481 e. The predicted octanol–water partition coefficient (Wildman–Crippen LogP) is 5.02. The summed E-state index contributed by atoms with van der Waals surface area (Å²) in [6.07, 6.45) is 7.58. The van der Waals surface area contributed by atoms with Gasteiger partial charge in [-0.15, -0.1) is 0 Å². The number of unbranched alkanes of at least 4 members (excludes halogenated alkanes) is 6. The standard InChI is InChI=1S/C20H28O5/c1-2-3-4-5-6-7-11-14-18(17(20(23)24)15-19(21)22)25-16-12-9-8-10-13-16/h8-10,12-13H,2-7,11,14-15H2,1H3,(H,21,22)(H,23,24). The van der Waals surface area contributed by atoms with Gasteiger partial charge in [0.05, 0.1) is 12.0 Å². The van der Waals surface area contributed by atoms with E-state index in [9.17, 15) is 14.7 Å². The zero-order valence-corrected chi connectivity index (χ0v) is 14.9. The number of aliphatic carboxylic acids is 2. The summed E-state index contributed by atoms with van der Waals surface area (Å²) < 4.78 is 5.72. The van der Waals surface area contributed by atoms with Crippen LogP contribution in [0.2, 0.25) is 0 Å². The Morgan fingerprint density at radius 1 is 0.920 bits per heavy atom. The first-order chi connectivity index (χ1) is 12.0. The monoisotopic (exact) mass is 348 g/mol. The summed E-state index contributed by atoms with van der Waals surface area (Å²) in [4.78, 5) is 22.5. The third-order valence-corrected chi connectivity index (χ3v) is 3.91. The van der Waals surface area contributed by atoms with E-state index < -0.39 is 18.4 Å². The number of allylic oxidation sites excluding steroid dienone is 1. The van der Waals surface area contributed by atoms with E-state index in [-0.39, 0.29) is 11.3 Å². The van der Waals surface area contributed by atoms with Crippen molar-refractivity contribution in [2.75, 3.05) is 0 Å². The van der Waals surface area contributed by atoms with Gasteiger partial charge >= 0.3 is 11.9 Å².